The number of ether oxygens (including phenoxy) is 1. The monoisotopic (exact) mass is 237 g/mol. The van der Waals surface area contributed by atoms with Gasteiger partial charge in [-0.3, -0.25) is 4.99 Å². The zero-order valence-corrected chi connectivity index (χ0v) is 10.4. The molecule has 0 aliphatic carbocycles. The first-order chi connectivity index (χ1) is 8.84. The minimum atomic E-state index is 0.855. The predicted octanol–water partition coefficient (Wildman–Crippen LogP) is 3.84. The predicted molar refractivity (Wildman–Crippen MR) is 73.7 cm³/mol. The Morgan fingerprint density at radius 2 is 1.83 bits per heavy atom. The molecule has 0 amide bonds. The average Bonchev–Trinajstić information content (AvgIpc) is 2.41. The van der Waals surface area contributed by atoms with Crippen molar-refractivity contribution >= 4 is 5.71 Å². The molecule has 0 spiro atoms. The minimum absolute atomic E-state index is 0.855. The highest BCUT2D eigenvalue weighted by Crippen LogP contribution is 2.30. The van der Waals surface area contributed by atoms with Crippen LogP contribution in [0.15, 0.2) is 53.5 Å². The number of hydrogen-bond donors (Lipinski definition) is 0. The molecule has 2 aromatic rings. The summed E-state index contributed by atoms with van der Waals surface area (Å²) in [7, 11) is 0. The van der Waals surface area contributed by atoms with Crippen molar-refractivity contribution in [2.45, 2.75) is 13.3 Å². The topological polar surface area (TPSA) is 21.6 Å². The Hall–Kier alpha value is -2.09. The number of aliphatic imine (C=N–C) groups is 1. The summed E-state index contributed by atoms with van der Waals surface area (Å²) in [4.78, 5) is 4.48. The second-order valence-electron chi connectivity index (χ2n) is 4.41. The molecule has 1 aliphatic rings. The number of benzene rings is 2. The Morgan fingerprint density at radius 3 is 2.67 bits per heavy atom. The number of fused-ring (bicyclic) bond motifs is 1. The lowest BCUT2D eigenvalue weighted by atomic mass is 9.97. The maximum absolute atomic E-state index is 5.97. The third-order valence-electron chi connectivity index (χ3n) is 3.20. The molecule has 0 saturated heterocycles. The molecule has 0 bridgehead atoms. The zero-order valence-electron chi connectivity index (χ0n) is 10.4. The van der Waals surface area contributed by atoms with E-state index in [0.29, 0.717) is 0 Å². The van der Waals surface area contributed by atoms with Crippen molar-refractivity contribution in [3.63, 3.8) is 0 Å². The van der Waals surface area contributed by atoms with Crippen LogP contribution in [0, 0.1) is 0 Å². The Balaban J connectivity index is 1.99. The van der Waals surface area contributed by atoms with Crippen LogP contribution < -0.4 is 4.74 Å². The first-order valence-corrected chi connectivity index (χ1v) is 6.21. The maximum atomic E-state index is 5.97. The van der Waals surface area contributed by atoms with Crippen LogP contribution in [0.1, 0.15) is 18.1 Å². The van der Waals surface area contributed by atoms with E-state index in [1.807, 2.05) is 42.5 Å². The van der Waals surface area contributed by atoms with Crippen molar-refractivity contribution < 1.29 is 4.74 Å². The molecule has 0 unspecified atom stereocenters. The van der Waals surface area contributed by atoms with Gasteiger partial charge < -0.3 is 4.74 Å². The van der Waals surface area contributed by atoms with Crippen molar-refractivity contribution in [2.75, 3.05) is 6.54 Å². The van der Waals surface area contributed by atoms with Gasteiger partial charge in [-0.1, -0.05) is 30.3 Å². The largest absolute Gasteiger partial charge is 0.457 e. The van der Waals surface area contributed by atoms with Crippen LogP contribution >= 0.6 is 0 Å². The Kier molecular flexibility index (Phi) is 2.85. The third-order valence-corrected chi connectivity index (χ3v) is 3.20. The maximum Gasteiger partial charge on any atom is 0.131 e. The zero-order chi connectivity index (χ0) is 12.4. The molecule has 1 heterocycles. The fourth-order valence-corrected chi connectivity index (χ4v) is 2.29. The van der Waals surface area contributed by atoms with Crippen LogP contribution in [0.25, 0.3) is 0 Å². The van der Waals surface area contributed by atoms with Crippen molar-refractivity contribution in [1.29, 1.82) is 0 Å². The molecular formula is C16H15NO. The quantitative estimate of drug-likeness (QED) is 0.777. The molecule has 0 fully saturated rings. The first kappa shape index (κ1) is 11.0. The summed E-state index contributed by atoms with van der Waals surface area (Å²) >= 11 is 0. The Bertz CT molecular complexity index is 587. The number of rotatable bonds is 2. The van der Waals surface area contributed by atoms with Crippen LogP contribution in [0.3, 0.4) is 0 Å². The van der Waals surface area contributed by atoms with E-state index in [-0.39, 0.29) is 0 Å². The standard InChI is InChI=1S/C16H15NO/c1-12-14-8-5-9-16(15(14)10-11-17-12)18-13-6-3-2-4-7-13/h2-9H,10-11H2,1H3. The van der Waals surface area contributed by atoms with E-state index in [1.165, 1.54) is 11.1 Å². The number of para-hydroxylation sites is 1. The SMILES string of the molecule is CC1=NCCc2c(Oc3ccccc3)cccc21. The van der Waals surface area contributed by atoms with Gasteiger partial charge in [-0.05, 0) is 31.5 Å². The van der Waals surface area contributed by atoms with Crippen LogP contribution in [-0.2, 0) is 6.42 Å². The second-order valence-corrected chi connectivity index (χ2v) is 4.41. The van der Waals surface area contributed by atoms with Gasteiger partial charge in [0.2, 0.25) is 0 Å². The summed E-state index contributed by atoms with van der Waals surface area (Å²) in [5.41, 5.74) is 3.60. The second kappa shape index (κ2) is 4.65. The van der Waals surface area contributed by atoms with Crippen molar-refractivity contribution in [2.24, 2.45) is 4.99 Å². The van der Waals surface area contributed by atoms with Gasteiger partial charge in [0.15, 0.2) is 0 Å². The highest BCUT2D eigenvalue weighted by Gasteiger charge is 2.15. The lowest BCUT2D eigenvalue weighted by molar-refractivity contribution is 0.475. The van der Waals surface area contributed by atoms with E-state index < -0.39 is 0 Å². The third kappa shape index (κ3) is 2.02. The van der Waals surface area contributed by atoms with Gasteiger partial charge in [0.05, 0.1) is 0 Å². The van der Waals surface area contributed by atoms with Gasteiger partial charge in [-0.2, -0.15) is 0 Å². The molecule has 0 saturated carbocycles. The summed E-state index contributed by atoms with van der Waals surface area (Å²) < 4.78 is 5.97. The molecule has 2 aromatic carbocycles. The van der Waals surface area contributed by atoms with E-state index in [0.717, 1.165) is 30.2 Å². The fraction of sp³-hybridized carbons (Fsp3) is 0.188. The molecule has 0 aromatic heterocycles. The first-order valence-electron chi connectivity index (χ1n) is 6.21. The van der Waals surface area contributed by atoms with Crippen molar-refractivity contribution in [3.8, 4) is 11.5 Å². The van der Waals surface area contributed by atoms with Crippen LogP contribution in [0.4, 0.5) is 0 Å². The summed E-state index contributed by atoms with van der Waals surface area (Å²) in [5, 5.41) is 0. The van der Waals surface area contributed by atoms with E-state index in [4.69, 9.17) is 4.74 Å². The van der Waals surface area contributed by atoms with Gasteiger partial charge >= 0.3 is 0 Å². The molecule has 3 rings (SSSR count). The van der Waals surface area contributed by atoms with E-state index in [9.17, 15) is 0 Å². The molecule has 0 atom stereocenters. The van der Waals surface area contributed by atoms with Crippen LogP contribution in [0.5, 0.6) is 11.5 Å². The van der Waals surface area contributed by atoms with Crippen LogP contribution in [0.2, 0.25) is 0 Å². The van der Waals surface area contributed by atoms with Gasteiger partial charge in [-0.15, -0.1) is 0 Å². The van der Waals surface area contributed by atoms with Crippen molar-refractivity contribution in [3.05, 3.63) is 59.7 Å². The van der Waals surface area contributed by atoms with Gasteiger partial charge in [0.1, 0.15) is 11.5 Å². The molecule has 0 radical (unpaired) electrons. The van der Waals surface area contributed by atoms with E-state index in [2.05, 4.69) is 18.0 Å². The highest BCUT2D eigenvalue weighted by atomic mass is 16.5. The van der Waals surface area contributed by atoms with E-state index >= 15 is 0 Å². The molecule has 2 heteroatoms. The summed E-state index contributed by atoms with van der Waals surface area (Å²) in [6.07, 6.45) is 0.954. The number of hydrogen-bond acceptors (Lipinski definition) is 2. The summed E-state index contributed by atoms with van der Waals surface area (Å²) in [6, 6.07) is 16.1. The molecule has 18 heavy (non-hydrogen) atoms. The molecule has 2 nitrogen and oxygen atoms in total. The fourth-order valence-electron chi connectivity index (χ4n) is 2.29. The number of nitrogens with zero attached hydrogens (tertiary/aromatic N) is 1. The Morgan fingerprint density at radius 1 is 1.00 bits per heavy atom. The Labute approximate surface area is 107 Å². The van der Waals surface area contributed by atoms with Gasteiger partial charge in [0, 0.05) is 23.4 Å². The lowest BCUT2D eigenvalue weighted by Gasteiger charge is -2.18. The van der Waals surface area contributed by atoms with Crippen molar-refractivity contribution in [1.82, 2.24) is 0 Å². The lowest BCUT2D eigenvalue weighted by Crippen LogP contribution is -2.10. The smallest absolute Gasteiger partial charge is 0.131 e. The summed E-state index contributed by atoms with van der Waals surface area (Å²) in [6.45, 7) is 2.91. The molecule has 0 N–H and O–H groups in total. The van der Waals surface area contributed by atoms with Crippen LogP contribution in [-0.4, -0.2) is 12.3 Å². The molecule has 1 aliphatic heterocycles. The highest BCUT2D eigenvalue weighted by molar-refractivity contribution is 6.01. The normalized spacial score (nSPS) is 13.7. The minimum Gasteiger partial charge on any atom is -0.457 e. The van der Waals surface area contributed by atoms with Gasteiger partial charge in [0.25, 0.3) is 0 Å². The molecule has 90 valence electrons. The molecular weight excluding hydrogens is 222 g/mol. The summed E-state index contributed by atoms with van der Waals surface area (Å²) in [5.74, 6) is 1.83. The van der Waals surface area contributed by atoms with Gasteiger partial charge in [-0.25, -0.2) is 0 Å². The average molecular weight is 237 g/mol. The van der Waals surface area contributed by atoms with E-state index in [1.54, 1.807) is 0 Å².